The lowest BCUT2D eigenvalue weighted by molar-refractivity contribution is -0.122. The number of rotatable bonds is 5. The van der Waals surface area contributed by atoms with E-state index in [1.165, 1.54) is 12.1 Å². The van der Waals surface area contributed by atoms with E-state index in [2.05, 4.69) is 21.2 Å². The van der Waals surface area contributed by atoms with Gasteiger partial charge in [0.2, 0.25) is 11.8 Å². The van der Waals surface area contributed by atoms with Crippen LogP contribution >= 0.6 is 39.1 Å². The number of ether oxygens (including phenoxy) is 1. The molecule has 3 amide bonds. The number of benzene rings is 2. The second-order valence-corrected chi connectivity index (χ2v) is 10.4. The Morgan fingerprint density at radius 2 is 1.71 bits per heavy atom. The zero-order valence-corrected chi connectivity index (χ0v) is 21.2. The number of anilines is 2. The molecule has 1 N–H and O–H groups in total. The second kappa shape index (κ2) is 10.1. The first kappa shape index (κ1) is 24.7. The third kappa shape index (κ3) is 4.99. The molecule has 4 atom stereocenters. The van der Waals surface area contributed by atoms with Gasteiger partial charge in [0.1, 0.15) is 0 Å². The number of alkyl halides is 2. The maximum Gasteiger partial charge on any atom is 0.338 e. The molecule has 0 bridgehead atoms. The molecular weight excluding hydrogens is 547 g/mol. The standard InChI is InChI=1S/C24H21BrCl2N2O5/c1-12-7-14(25)5-6-20(12)28-21(30)11-34-24(33)13-3-2-4-15(8-13)29-22(31)16-9-18(26)19(27)10-17(16)23(29)32/h2-8,16-19H,9-11H2,1H3,(H,28,30)/t16-,17-,18+,19+/m1/s1. The third-order valence-electron chi connectivity index (χ3n) is 6.05. The number of fused-ring (bicyclic) bond motifs is 1. The Balaban J connectivity index is 1.42. The lowest BCUT2D eigenvalue weighted by Gasteiger charge is -2.28. The van der Waals surface area contributed by atoms with E-state index in [0.29, 0.717) is 18.5 Å². The number of halogens is 3. The summed E-state index contributed by atoms with van der Waals surface area (Å²) in [6, 6.07) is 11.4. The van der Waals surface area contributed by atoms with Crippen LogP contribution < -0.4 is 10.2 Å². The summed E-state index contributed by atoms with van der Waals surface area (Å²) in [6.45, 7) is 1.36. The van der Waals surface area contributed by atoms with Gasteiger partial charge in [0.25, 0.3) is 5.91 Å². The molecule has 0 unspecified atom stereocenters. The van der Waals surface area contributed by atoms with Gasteiger partial charge in [0, 0.05) is 10.2 Å². The summed E-state index contributed by atoms with van der Waals surface area (Å²) in [5.74, 6) is -2.98. The predicted octanol–water partition coefficient (Wildman–Crippen LogP) is 4.67. The summed E-state index contributed by atoms with van der Waals surface area (Å²) in [5, 5.41) is 1.93. The Labute approximate surface area is 214 Å². The zero-order chi connectivity index (χ0) is 24.6. The molecule has 2 aromatic carbocycles. The van der Waals surface area contributed by atoms with Crippen molar-refractivity contribution in [2.75, 3.05) is 16.8 Å². The van der Waals surface area contributed by atoms with E-state index in [4.69, 9.17) is 27.9 Å². The number of carbonyl (C=O) groups is 4. The molecule has 1 aliphatic carbocycles. The minimum atomic E-state index is -0.748. The molecule has 0 radical (unpaired) electrons. The molecule has 0 spiro atoms. The van der Waals surface area contributed by atoms with E-state index in [-0.39, 0.29) is 33.8 Å². The SMILES string of the molecule is Cc1cc(Br)ccc1NC(=O)COC(=O)c1cccc(N2C(=O)[C@@H]3C[C@H](Cl)[C@@H](Cl)C[C@H]3C2=O)c1. The quantitative estimate of drug-likeness (QED) is 0.322. The van der Waals surface area contributed by atoms with E-state index in [1.54, 1.807) is 24.3 Å². The van der Waals surface area contributed by atoms with E-state index in [0.717, 1.165) is 14.9 Å². The Kier molecular flexibility index (Phi) is 7.31. The van der Waals surface area contributed by atoms with Crippen molar-refractivity contribution in [3.63, 3.8) is 0 Å². The van der Waals surface area contributed by atoms with Gasteiger partial charge in [-0.3, -0.25) is 19.3 Å². The Morgan fingerprint density at radius 1 is 1.06 bits per heavy atom. The highest BCUT2D eigenvalue weighted by Crippen LogP contribution is 2.43. The molecule has 2 aromatic rings. The fourth-order valence-corrected chi connectivity index (χ4v) is 5.35. The van der Waals surface area contributed by atoms with Crippen LogP contribution in [0.25, 0.3) is 0 Å². The Hall–Kier alpha value is -2.42. The smallest absolute Gasteiger partial charge is 0.338 e. The molecule has 7 nitrogen and oxygen atoms in total. The normalized spacial score (nSPS) is 24.1. The van der Waals surface area contributed by atoms with Crippen LogP contribution in [-0.2, 0) is 19.1 Å². The van der Waals surface area contributed by atoms with Crippen LogP contribution in [0.3, 0.4) is 0 Å². The van der Waals surface area contributed by atoms with Crippen molar-refractivity contribution in [1.29, 1.82) is 0 Å². The molecule has 178 valence electrons. The summed E-state index contributed by atoms with van der Waals surface area (Å²) in [4.78, 5) is 51.8. The molecule has 1 saturated heterocycles. The molecule has 2 fully saturated rings. The van der Waals surface area contributed by atoms with Crippen LogP contribution in [0.4, 0.5) is 11.4 Å². The van der Waals surface area contributed by atoms with Gasteiger partial charge in [0.05, 0.1) is 33.8 Å². The minimum Gasteiger partial charge on any atom is -0.452 e. The monoisotopic (exact) mass is 566 g/mol. The highest BCUT2D eigenvalue weighted by atomic mass is 79.9. The lowest BCUT2D eigenvalue weighted by atomic mass is 9.80. The van der Waals surface area contributed by atoms with Gasteiger partial charge in [-0.2, -0.15) is 0 Å². The van der Waals surface area contributed by atoms with Crippen LogP contribution in [0.2, 0.25) is 0 Å². The van der Waals surface area contributed by atoms with Gasteiger partial charge in [-0.05, 0) is 61.7 Å². The van der Waals surface area contributed by atoms with Crippen LogP contribution in [0, 0.1) is 18.8 Å². The van der Waals surface area contributed by atoms with Crippen molar-refractivity contribution < 1.29 is 23.9 Å². The molecule has 0 aromatic heterocycles. The maximum absolute atomic E-state index is 13.0. The van der Waals surface area contributed by atoms with Crippen LogP contribution in [0.1, 0.15) is 28.8 Å². The van der Waals surface area contributed by atoms with Crippen molar-refractivity contribution in [3.8, 4) is 0 Å². The molecule has 34 heavy (non-hydrogen) atoms. The first-order valence-corrected chi connectivity index (χ1v) is 12.3. The maximum atomic E-state index is 13.0. The van der Waals surface area contributed by atoms with Crippen LogP contribution in [0.15, 0.2) is 46.9 Å². The predicted molar refractivity (Wildman–Crippen MR) is 132 cm³/mol. The summed E-state index contributed by atoms with van der Waals surface area (Å²) >= 11 is 15.8. The number of hydrogen-bond acceptors (Lipinski definition) is 5. The van der Waals surface area contributed by atoms with Gasteiger partial charge < -0.3 is 10.1 Å². The molecule has 10 heteroatoms. The van der Waals surface area contributed by atoms with Crippen molar-refractivity contribution >= 4 is 74.2 Å². The number of imide groups is 1. The summed E-state index contributed by atoms with van der Waals surface area (Å²) in [5.41, 5.74) is 1.84. The molecule has 4 rings (SSSR count). The van der Waals surface area contributed by atoms with Crippen molar-refractivity contribution in [2.45, 2.75) is 30.5 Å². The molecule has 2 aliphatic rings. The molecular formula is C24H21BrCl2N2O5. The number of nitrogens with one attached hydrogen (secondary N) is 1. The highest BCUT2D eigenvalue weighted by Gasteiger charge is 2.52. The fraction of sp³-hybridized carbons (Fsp3) is 0.333. The van der Waals surface area contributed by atoms with Crippen LogP contribution in [0.5, 0.6) is 0 Å². The van der Waals surface area contributed by atoms with Gasteiger partial charge in [-0.15, -0.1) is 23.2 Å². The Bertz CT molecular complexity index is 1150. The number of hydrogen-bond donors (Lipinski definition) is 1. The largest absolute Gasteiger partial charge is 0.452 e. The van der Waals surface area contributed by atoms with Gasteiger partial charge >= 0.3 is 5.97 Å². The average Bonchev–Trinajstić information content (AvgIpc) is 3.03. The van der Waals surface area contributed by atoms with E-state index < -0.39 is 30.3 Å². The number of carbonyl (C=O) groups excluding carboxylic acids is 4. The molecule has 1 heterocycles. The summed E-state index contributed by atoms with van der Waals surface area (Å²) in [7, 11) is 0. The van der Waals surface area contributed by atoms with Crippen molar-refractivity contribution in [1.82, 2.24) is 0 Å². The average molecular weight is 568 g/mol. The van der Waals surface area contributed by atoms with Gasteiger partial charge in [0.15, 0.2) is 6.61 Å². The van der Waals surface area contributed by atoms with Crippen LogP contribution in [-0.4, -0.2) is 41.1 Å². The topological polar surface area (TPSA) is 92.8 Å². The van der Waals surface area contributed by atoms with Gasteiger partial charge in [-0.25, -0.2) is 4.79 Å². The van der Waals surface area contributed by atoms with E-state index >= 15 is 0 Å². The zero-order valence-electron chi connectivity index (χ0n) is 18.1. The van der Waals surface area contributed by atoms with Gasteiger partial charge in [-0.1, -0.05) is 22.0 Å². The number of nitrogens with zero attached hydrogens (tertiary/aromatic N) is 1. The summed E-state index contributed by atoms with van der Waals surface area (Å²) in [6.07, 6.45) is 0.659. The third-order valence-corrected chi connectivity index (χ3v) is 7.64. The van der Waals surface area contributed by atoms with Crippen molar-refractivity contribution in [3.05, 3.63) is 58.1 Å². The van der Waals surface area contributed by atoms with E-state index in [1.807, 2.05) is 13.0 Å². The highest BCUT2D eigenvalue weighted by molar-refractivity contribution is 9.10. The first-order chi connectivity index (χ1) is 16.2. The number of amides is 3. The minimum absolute atomic E-state index is 0.117. The second-order valence-electron chi connectivity index (χ2n) is 8.36. The summed E-state index contributed by atoms with van der Waals surface area (Å²) < 4.78 is 6.02. The number of esters is 1. The first-order valence-electron chi connectivity index (χ1n) is 10.6. The lowest BCUT2D eigenvalue weighted by Crippen LogP contribution is -2.34. The number of aryl methyl sites for hydroxylation is 1. The van der Waals surface area contributed by atoms with Crippen molar-refractivity contribution in [2.24, 2.45) is 11.8 Å². The van der Waals surface area contributed by atoms with E-state index in [9.17, 15) is 19.2 Å². The molecule has 1 saturated carbocycles. The fourth-order valence-electron chi connectivity index (χ4n) is 4.29. The Morgan fingerprint density at radius 3 is 2.32 bits per heavy atom. The molecule has 1 aliphatic heterocycles.